The average molecular weight is 297 g/mol. The molecule has 0 heterocycles. The van der Waals surface area contributed by atoms with Crippen molar-refractivity contribution in [3.8, 4) is 0 Å². The van der Waals surface area contributed by atoms with Gasteiger partial charge in [0.1, 0.15) is 5.82 Å². The SMILES string of the molecule is Cc1cccc(C(N)Cc2cccc(C(F)(F)F)c2)c1F. The molecule has 0 amide bonds. The van der Waals surface area contributed by atoms with Gasteiger partial charge in [0.15, 0.2) is 0 Å². The first kappa shape index (κ1) is 15.5. The molecule has 0 aliphatic heterocycles. The van der Waals surface area contributed by atoms with Crippen LogP contribution in [0.3, 0.4) is 0 Å². The van der Waals surface area contributed by atoms with E-state index in [1.54, 1.807) is 31.2 Å². The summed E-state index contributed by atoms with van der Waals surface area (Å²) in [6, 6.07) is 9.11. The van der Waals surface area contributed by atoms with Crippen LogP contribution in [0, 0.1) is 12.7 Å². The van der Waals surface area contributed by atoms with Crippen LogP contribution in [0.1, 0.15) is 28.3 Å². The summed E-state index contributed by atoms with van der Waals surface area (Å²) in [7, 11) is 0. The predicted octanol–water partition coefficient (Wildman–Crippen LogP) is 4.40. The Bertz CT molecular complexity index is 634. The maximum Gasteiger partial charge on any atom is 0.416 e. The largest absolute Gasteiger partial charge is 0.416 e. The van der Waals surface area contributed by atoms with Crippen LogP contribution in [0.2, 0.25) is 0 Å². The first-order valence-corrected chi connectivity index (χ1v) is 6.46. The third-order valence-corrected chi connectivity index (χ3v) is 3.33. The first-order valence-electron chi connectivity index (χ1n) is 6.46. The standard InChI is InChI=1S/C16H15F4N/c1-10-4-2-7-13(15(10)17)14(21)9-11-5-3-6-12(8-11)16(18,19)20/h2-8,14H,9,21H2,1H3. The molecule has 0 spiro atoms. The van der Waals surface area contributed by atoms with E-state index in [0.717, 1.165) is 12.1 Å². The molecule has 0 bridgehead atoms. The van der Waals surface area contributed by atoms with E-state index in [-0.39, 0.29) is 6.42 Å². The molecule has 1 unspecified atom stereocenters. The van der Waals surface area contributed by atoms with Crippen LogP contribution in [-0.4, -0.2) is 0 Å². The molecule has 0 saturated heterocycles. The lowest BCUT2D eigenvalue weighted by Gasteiger charge is -2.15. The molecule has 0 fully saturated rings. The Labute approximate surface area is 120 Å². The number of alkyl halides is 3. The molecule has 2 aromatic carbocycles. The van der Waals surface area contributed by atoms with Crippen molar-refractivity contribution in [3.63, 3.8) is 0 Å². The summed E-state index contributed by atoms with van der Waals surface area (Å²) in [5.74, 6) is -0.406. The van der Waals surface area contributed by atoms with Crippen molar-refractivity contribution in [1.82, 2.24) is 0 Å². The lowest BCUT2D eigenvalue weighted by atomic mass is 9.96. The van der Waals surface area contributed by atoms with Crippen molar-refractivity contribution in [2.24, 2.45) is 5.73 Å². The summed E-state index contributed by atoms with van der Waals surface area (Å²) in [5.41, 5.74) is 6.42. The lowest BCUT2D eigenvalue weighted by Crippen LogP contribution is -2.16. The van der Waals surface area contributed by atoms with Crippen molar-refractivity contribution in [1.29, 1.82) is 0 Å². The molecule has 0 radical (unpaired) electrons. The fourth-order valence-corrected chi connectivity index (χ4v) is 2.20. The number of halogens is 4. The zero-order valence-electron chi connectivity index (χ0n) is 11.4. The molecule has 0 aliphatic rings. The smallest absolute Gasteiger partial charge is 0.324 e. The van der Waals surface area contributed by atoms with Gasteiger partial charge in [-0.25, -0.2) is 4.39 Å². The minimum Gasteiger partial charge on any atom is -0.324 e. The van der Waals surface area contributed by atoms with E-state index in [9.17, 15) is 17.6 Å². The second-order valence-corrected chi connectivity index (χ2v) is 4.99. The highest BCUT2D eigenvalue weighted by Crippen LogP contribution is 2.30. The topological polar surface area (TPSA) is 26.0 Å². The Balaban J connectivity index is 2.24. The molecule has 2 rings (SSSR count). The van der Waals surface area contributed by atoms with Crippen LogP contribution in [0.5, 0.6) is 0 Å². The van der Waals surface area contributed by atoms with Crippen molar-refractivity contribution in [2.75, 3.05) is 0 Å². The number of aryl methyl sites for hydroxylation is 1. The van der Waals surface area contributed by atoms with Crippen LogP contribution in [0.25, 0.3) is 0 Å². The first-order chi connectivity index (χ1) is 9.79. The van der Waals surface area contributed by atoms with Gasteiger partial charge >= 0.3 is 6.18 Å². The zero-order valence-corrected chi connectivity index (χ0v) is 11.4. The molecular weight excluding hydrogens is 282 g/mol. The highest BCUT2D eigenvalue weighted by molar-refractivity contribution is 5.31. The highest BCUT2D eigenvalue weighted by Gasteiger charge is 2.30. The fourth-order valence-electron chi connectivity index (χ4n) is 2.20. The van der Waals surface area contributed by atoms with Gasteiger partial charge in [0, 0.05) is 11.6 Å². The van der Waals surface area contributed by atoms with Gasteiger partial charge in [-0.15, -0.1) is 0 Å². The lowest BCUT2D eigenvalue weighted by molar-refractivity contribution is -0.137. The van der Waals surface area contributed by atoms with Crippen molar-refractivity contribution >= 4 is 0 Å². The monoisotopic (exact) mass is 297 g/mol. The van der Waals surface area contributed by atoms with Gasteiger partial charge in [0.25, 0.3) is 0 Å². The maximum atomic E-state index is 14.0. The summed E-state index contributed by atoms with van der Waals surface area (Å²) in [4.78, 5) is 0. The molecule has 112 valence electrons. The molecule has 2 aromatic rings. The number of hydrogen-bond donors (Lipinski definition) is 1. The fraction of sp³-hybridized carbons (Fsp3) is 0.250. The van der Waals surface area contributed by atoms with E-state index in [2.05, 4.69) is 0 Å². The van der Waals surface area contributed by atoms with Gasteiger partial charge in [0.05, 0.1) is 5.56 Å². The van der Waals surface area contributed by atoms with Gasteiger partial charge in [-0.05, 0) is 30.5 Å². The number of hydrogen-bond acceptors (Lipinski definition) is 1. The summed E-state index contributed by atoms with van der Waals surface area (Å²) < 4.78 is 51.9. The van der Waals surface area contributed by atoms with E-state index in [1.807, 2.05) is 0 Å². The van der Waals surface area contributed by atoms with Gasteiger partial charge in [-0.3, -0.25) is 0 Å². The predicted molar refractivity (Wildman–Crippen MR) is 73.2 cm³/mol. The number of rotatable bonds is 3. The third kappa shape index (κ3) is 3.61. The Morgan fingerprint density at radius 2 is 1.76 bits per heavy atom. The normalized spacial score (nSPS) is 13.2. The summed E-state index contributed by atoms with van der Waals surface area (Å²) in [6.07, 6.45) is -4.25. The van der Waals surface area contributed by atoms with E-state index in [0.29, 0.717) is 16.7 Å². The van der Waals surface area contributed by atoms with Crippen LogP contribution in [-0.2, 0) is 12.6 Å². The Kier molecular flexibility index (Phi) is 4.32. The molecule has 0 aliphatic carbocycles. The summed E-state index contributed by atoms with van der Waals surface area (Å²) in [6.45, 7) is 1.62. The second-order valence-electron chi connectivity index (χ2n) is 4.99. The van der Waals surface area contributed by atoms with Crippen LogP contribution in [0.4, 0.5) is 17.6 Å². The number of nitrogens with two attached hydrogens (primary N) is 1. The van der Waals surface area contributed by atoms with Crippen molar-refractivity contribution < 1.29 is 17.6 Å². The second kappa shape index (κ2) is 5.85. The van der Waals surface area contributed by atoms with Crippen molar-refractivity contribution in [3.05, 3.63) is 70.5 Å². The number of benzene rings is 2. The van der Waals surface area contributed by atoms with Gasteiger partial charge in [-0.1, -0.05) is 36.4 Å². The molecular formula is C16H15F4N. The van der Waals surface area contributed by atoms with Crippen molar-refractivity contribution in [2.45, 2.75) is 25.6 Å². The highest BCUT2D eigenvalue weighted by atomic mass is 19.4. The molecule has 0 saturated carbocycles. The molecule has 1 atom stereocenters. The van der Waals surface area contributed by atoms with E-state index >= 15 is 0 Å². The van der Waals surface area contributed by atoms with Gasteiger partial charge < -0.3 is 5.73 Å². The minimum absolute atomic E-state index is 0.143. The molecule has 0 aromatic heterocycles. The Morgan fingerprint density at radius 1 is 1.10 bits per heavy atom. The van der Waals surface area contributed by atoms with E-state index in [4.69, 9.17) is 5.73 Å². The molecule has 21 heavy (non-hydrogen) atoms. The van der Waals surface area contributed by atoms with Crippen LogP contribution < -0.4 is 5.73 Å². The van der Waals surface area contributed by atoms with E-state index < -0.39 is 23.6 Å². The summed E-state index contributed by atoms with van der Waals surface area (Å²) >= 11 is 0. The summed E-state index contributed by atoms with van der Waals surface area (Å²) in [5, 5.41) is 0. The van der Waals surface area contributed by atoms with Gasteiger partial charge in [0.2, 0.25) is 0 Å². The average Bonchev–Trinajstić information content (AvgIpc) is 2.41. The third-order valence-electron chi connectivity index (χ3n) is 3.33. The Morgan fingerprint density at radius 3 is 2.43 bits per heavy atom. The quantitative estimate of drug-likeness (QED) is 0.835. The van der Waals surface area contributed by atoms with Gasteiger partial charge in [-0.2, -0.15) is 13.2 Å². The zero-order chi connectivity index (χ0) is 15.6. The van der Waals surface area contributed by atoms with E-state index in [1.165, 1.54) is 6.07 Å². The maximum absolute atomic E-state index is 14.0. The Hall–Kier alpha value is -1.88. The molecule has 5 heteroatoms. The van der Waals surface area contributed by atoms with Crippen LogP contribution in [0.15, 0.2) is 42.5 Å². The molecule has 2 N–H and O–H groups in total. The van der Waals surface area contributed by atoms with Crippen LogP contribution >= 0.6 is 0 Å². The minimum atomic E-state index is -4.39. The molecule has 1 nitrogen and oxygen atoms in total.